The SMILES string of the molecule is CC=CCCc1ccc(C=Cc2ccc(C[C@H](F)c3ccccc3)cc2)c(F)c1. The van der Waals surface area contributed by atoms with Crippen LogP contribution in [0.4, 0.5) is 8.78 Å². The van der Waals surface area contributed by atoms with Gasteiger partial charge in [0.2, 0.25) is 0 Å². The molecule has 0 unspecified atom stereocenters. The van der Waals surface area contributed by atoms with Crippen LogP contribution in [0.1, 0.15) is 47.3 Å². The van der Waals surface area contributed by atoms with Crippen molar-refractivity contribution in [3.8, 4) is 0 Å². The standard InChI is InChI=1S/C27H26F2/c1-2-3-5-8-22-16-18-25(27(29)19-22)17-15-21-11-13-23(14-12-21)20-26(28)24-9-6-4-7-10-24/h2-4,6-7,9-19,26H,5,8,20H2,1H3/t26-/m0/s1. The van der Waals surface area contributed by atoms with Crippen molar-refractivity contribution in [3.63, 3.8) is 0 Å². The van der Waals surface area contributed by atoms with Crippen LogP contribution in [0.15, 0.2) is 84.9 Å². The van der Waals surface area contributed by atoms with Crippen LogP contribution in [-0.4, -0.2) is 0 Å². The van der Waals surface area contributed by atoms with Crippen molar-refractivity contribution in [1.29, 1.82) is 0 Å². The fourth-order valence-electron chi connectivity index (χ4n) is 3.22. The Balaban J connectivity index is 1.61. The third kappa shape index (κ3) is 6.25. The lowest BCUT2D eigenvalue weighted by atomic mass is 10.0. The van der Waals surface area contributed by atoms with Crippen LogP contribution < -0.4 is 0 Å². The van der Waals surface area contributed by atoms with Crippen LogP contribution in [0.5, 0.6) is 0 Å². The van der Waals surface area contributed by atoms with Gasteiger partial charge in [-0.25, -0.2) is 8.78 Å². The first-order valence-electron chi connectivity index (χ1n) is 10.0. The zero-order valence-electron chi connectivity index (χ0n) is 16.7. The van der Waals surface area contributed by atoms with E-state index in [0.29, 0.717) is 17.5 Å². The van der Waals surface area contributed by atoms with Crippen LogP contribution in [0.25, 0.3) is 12.2 Å². The van der Waals surface area contributed by atoms with Crippen molar-refractivity contribution < 1.29 is 8.78 Å². The van der Waals surface area contributed by atoms with Gasteiger partial charge < -0.3 is 0 Å². The van der Waals surface area contributed by atoms with E-state index >= 15 is 0 Å². The number of hydrogen-bond donors (Lipinski definition) is 0. The summed E-state index contributed by atoms with van der Waals surface area (Å²) in [5, 5.41) is 0. The predicted octanol–water partition coefficient (Wildman–Crippen LogP) is 7.76. The second-order valence-electron chi connectivity index (χ2n) is 7.12. The summed E-state index contributed by atoms with van der Waals surface area (Å²) >= 11 is 0. The molecule has 3 aromatic carbocycles. The molecule has 0 saturated carbocycles. The van der Waals surface area contributed by atoms with E-state index in [0.717, 1.165) is 29.5 Å². The summed E-state index contributed by atoms with van der Waals surface area (Å²) in [6.07, 6.45) is 8.84. The molecule has 0 aliphatic carbocycles. The lowest BCUT2D eigenvalue weighted by molar-refractivity contribution is 0.342. The van der Waals surface area contributed by atoms with E-state index in [2.05, 4.69) is 6.08 Å². The molecule has 3 aromatic rings. The molecule has 0 saturated heterocycles. The van der Waals surface area contributed by atoms with Gasteiger partial charge >= 0.3 is 0 Å². The summed E-state index contributed by atoms with van der Waals surface area (Å²) in [7, 11) is 0. The van der Waals surface area contributed by atoms with Gasteiger partial charge in [-0.3, -0.25) is 0 Å². The van der Waals surface area contributed by atoms with Crippen molar-refractivity contribution in [2.75, 3.05) is 0 Å². The highest BCUT2D eigenvalue weighted by molar-refractivity contribution is 5.70. The first-order valence-corrected chi connectivity index (χ1v) is 10.0. The largest absolute Gasteiger partial charge is 0.242 e. The molecule has 0 amide bonds. The summed E-state index contributed by atoms with van der Waals surface area (Å²) in [4.78, 5) is 0. The summed E-state index contributed by atoms with van der Waals surface area (Å²) < 4.78 is 28.7. The first kappa shape index (κ1) is 20.7. The Labute approximate surface area is 172 Å². The summed E-state index contributed by atoms with van der Waals surface area (Å²) in [6, 6.07) is 22.3. The number of aryl methyl sites for hydroxylation is 1. The average Bonchev–Trinajstić information content (AvgIpc) is 2.75. The summed E-state index contributed by atoms with van der Waals surface area (Å²) in [6.45, 7) is 1.99. The van der Waals surface area contributed by atoms with Crippen molar-refractivity contribution in [2.24, 2.45) is 0 Å². The molecule has 0 aromatic heterocycles. The van der Waals surface area contributed by atoms with E-state index in [9.17, 15) is 8.78 Å². The molecule has 0 aliphatic rings. The van der Waals surface area contributed by atoms with Gasteiger partial charge in [-0.1, -0.05) is 91.0 Å². The van der Waals surface area contributed by atoms with E-state index in [1.807, 2.05) is 85.8 Å². The fourth-order valence-corrected chi connectivity index (χ4v) is 3.22. The van der Waals surface area contributed by atoms with Gasteiger partial charge in [0.1, 0.15) is 12.0 Å². The summed E-state index contributed by atoms with van der Waals surface area (Å²) in [5.74, 6) is -0.209. The van der Waals surface area contributed by atoms with Crippen LogP contribution >= 0.6 is 0 Å². The molecule has 1 atom stereocenters. The van der Waals surface area contributed by atoms with Crippen molar-refractivity contribution in [2.45, 2.75) is 32.4 Å². The van der Waals surface area contributed by atoms with Crippen LogP contribution in [0.3, 0.4) is 0 Å². The number of rotatable bonds is 8. The quantitative estimate of drug-likeness (QED) is 0.273. The lowest BCUT2D eigenvalue weighted by Crippen LogP contribution is -1.96. The maximum Gasteiger partial charge on any atom is 0.130 e. The van der Waals surface area contributed by atoms with E-state index in [1.165, 1.54) is 0 Å². The molecule has 0 bridgehead atoms. The zero-order chi connectivity index (χ0) is 20.5. The Morgan fingerprint density at radius 2 is 1.59 bits per heavy atom. The van der Waals surface area contributed by atoms with Gasteiger partial charge in [0.25, 0.3) is 0 Å². The van der Waals surface area contributed by atoms with Gasteiger partial charge in [-0.05, 0) is 48.1 Å². The van der Waals surface area contributed by atoms with Crippen LogP contribution in [0.2, 0.25) is 0 Å². The molecular formula is C27H26F2. The van der Waals surface area contributed by atoms with Crippen molar-refractivity contribution >= 4 is 12.2 Å². The molecule has 0 fully saturated rings. The minimum atomic E-state index is -1.02. The minimum Gasteiger partial charge on any atom is -0.242 e. The van der Waals surface area contributed by atoms with E-state index in [1.54, 1.807) is 12.1 Å². The van der Waals surface area contributed by atoms with Gasteiger partial charge in [0, 0.05) is 12.0 Å². The second-order valence-corrected chi connectivity index (χ2v) is 7.12. The smallest absolute Gasteiger partial charge is 0.130 e. The van der Waals surface area contributed by atoms with Crippen molar-refractivity contribution in [3.05, 3.63) is 119 Å². The predicted molar refractivity (Wildman–Crippen MR) is 119 cm³/mol. The number of hydrogen-bond acceptors (Lipinski definition) is 0. The van der Waals surface area contributed by atoms with Crippen molar-refractivity contribution in [1.82, 2.24) is 0 Å². The topological polar surface area (TPSA) is 0 Å². The molecule has 0 heterocycles. The number of allylic oxidation sites excluding steroid dienone is 2. The molecule has 0 spiro atoms. The molecular weight excluding hydrogens is 362 g/mol. The summed E-state index contributed by atoms with van der Waals surface area (Å²) in [5.41, 5.74) is 4.16. The van der Waals surface area contributed by atoms with Gasteiger partial charge in [0.05, 0.1) is 0 Å². The Kier molecular flexibility index (Phi) is 7.52. The van der Waals surface area contributed by atoms with Gasteiger partial charge in [-0.2, -0.15) is 0 Å². The Morgan fingerprint density at radius 1 is 0.862 bits per heavy atom. The zero-order valence-corrected chi connectivity index (χ0v) is 16.7. The lowest BCUT2D eigenvalue weighted by Gasteiger charge is -2.08. The van der Waals surface area contributed by atoms with E-state index in [4.69, 9.17) is 0 Å². The molecule has 0 radical (unpaired) electrons. The number of alkyl halides is 1. The normalized spacial score (nSPS) is 12.7. The maximum atomic E-state index is 14.4. The Morgan fingerprint density at radius 3 is 2.28 bits per heavy atom. The molecule has 0 N–H and O–H groups in total. The van der Waals surface area contributed by atoms with Gasteiger partial charge in [-0.15, -0.1) is 0 Å². The van der Waals surface area contributed by atoms with Crippen LogP contribution in [0, 0.1) is 5.82 Å². The molecule has 148 valence electrons. The molecule has 0 aliphatic heterocycles. The number of benzene rings is 3. The molecule has 2 heteroatoms. The Hall–Kier alpha value is -3.00. The molecule has 29 heavy (non-hydrogen) atoms. The highest BCUT2D eigenvalue weighted by atomic mass is 19.1. The third-order valence-electron chi connectivity index (χ3n) is 4.91. The van der Waals surface area contributed by atoms with Gasteiger partial charge in [0.15, 0.2) is 0 Å². The monoisotopic (exact) mass is 388 g/mol. The fraction of sp³-hybridized carbons (Fsp3) is 0.185. The Bertz CT molecular complexity index is 954. The average molecular weight is 389 g/mol. The molecule has 0 nitrogen and oxygen atoms in total. The first-order chi connectivity index (χ1) is 14.2. The second kappa shape index (κ2) is 10.5. The number of halogens is 2. The highest BCUT2D eigenvalue weighted by Gasteiger charge is 2.10. The molecule has 3 rings (SSSR count). The van der Waals surface area contributed by atoms with Crippen LogP contribution in [-0.2, 0) is 12.8 Å². The third-order valence-corrected chi connectivity index (χ3v) is 4.91. The minimum absolute atomic E-state index is 0.209. The maximum absolute atomic E-state index is 14.4. The van der Waals surface area contributed by atoms with E-state index < -0.39 is 6.17 Å². The highest BCUT2D eigenvalue weighted by Crippen LogP contribution is 2.23. The van der Waals surface area contributed by atoms with E-state index in [-0.39, 0.29) is 5.82 Å².